The van der Waals surface area contributed by atoms with Gasteiger partial charge in [0, 0.05) is 16.6 Å². The summed E-state index contributed by atoms with van der Waals surface area (Å²) < 4.78 is 0.941. The van der Waals surface area contributed by atoms with Crippen molar-refractivity contribution >= 4 is 27.7 Å². The molecular weight excluding hydrogens is 280 g/mol. The Morgan fingerprint density at radius 3 is 2.71 bits per heavy atom. The van der Waals surface area contributed by atoms with Crippen LogP contribution in [0.15, 0.2) is 22.8 Å². The van der Waals surface area contributed by atoms with Crippen LogP contribution in [-0.4, -0.2) is 10.9 Å². The summed E-state index contributed by atoms with van der Waals surface area (Å²) in [4.78, 5) is 16.2. The maximum atomic E-state index is 12.1. The monoisotopic (exact) mass is 294 g/mol. The molecule has 3 rings (SSSR count). The van der Waals surface area contributed by atoms with Gasteiger partial charge in [-0.25, -0.2) is 4.98 Å². The van der Waals surface area contributed by atoms with Crippen molar-refractivity contribution in [3.05, 3.63) is 22.8 Å². The number of hydrogen-bond acceptors (Lipinski definition) is 2. The topological polar surface area (TPSA) is 42.0 Å². The van der Waals surface area contributed by atoms with E-state index in [4.69, 9.17) is 0 Å². The second-order valence-corrected chi connectivity index (χ2v) is 5.90. The zero-order valence-corrected chi connectivity index (χ0v) is 11.1. The normalized spacial score (nSPS) is 30.5. The molecule has 2 saturated carbocycles. The van der Waals surface area contributed by atoms with Crippen LogP contribution in [0.4, 0.5) is 5.82 Å². The van der Waals surface area contributed by atoms with Gasteiger partial charge in [-0.15, -0.1) is 0 Å². The van der Waals surface area contributed by atoms with Crippen LogP contribution in [0.25, 0.3) is 0 Å². The maximum absolute atomic E-state index is 12.1. The first-order valence-electron chi connectivity index (χ1n) is 6.18. The van der Waals surface area contributed by atoms with Gasteiger partial charge in [0.1, 0.15) is 5.82 Å². The lowest BCUT2D eigenvalue weighted by Crippen LogP contribution is -2.16. The molecule has 0 bridgehead atoms. The van der Waals surface area contributed by atoms with E-state index >= 15 is 0 Å². The van der Waals surface area contributed by atoms with Crippen LogP contribution < -0.4 is 5.32 Å². The summed E-state index contributed by atoms with van der Waals surface area (Å²) in [7, 11) is 0. The fourth-order valence-corrected chi connectivity index (χ4v) is 3.40. The quantitative estimate of drug-likeness (QED) is 0.910. The Morgan fingerprint density at radius 2 is 2.06 bits per heavy atom. The first kappa shape index (κ1) is 11.2. The molecule has 90 valence electrons. The van der Waals surface area contributed by atoms with Gasteiger partial charge < -0.3 is 5.32 Å². The summed E-state index contributed by atoms with van der Waals surface area (Å²) >= 11 is 3.37. The van der Waals surface area contributed by atoms with Crippen LogP contribution in [-0.2, 0) is 4.79 Å². The number of carbonyl (C=O) groups excluding carboxylic acids is 1. The van der Waals surface area contributed by atoms with Gasteiger partial charge in [-0.2, -0.15) is 0 Å². The summed E-state index contributed by atoms with van der Waals surface area (Å²) in [5, 5.41) is 2.92. The molecule has 1 amide bonds. The lowest BCUT2D eigenvalue weighted by molar-refractivity contribution is -0.117. The molecule has 0 radical (unpaired) electrons. The number of amides is 1. The molecule has 0 spiro atoms. The fourth-order valence-electron chi connectivity index (χ4n) is 3.06. The zero-order chi connectivity index (χ0) is 11.8. The number of nitrogens with zero attached hydrogens (tertiary/aromatic N) is 1. The lowest BCUT2D eigenvalue weighted by atomic mass is 10.0. The Balaban J connectivity index is 1.64. The van der Waals surface area contributed by atoms with Crippen LogP contribution in [0.2, 0.25) is 0 Å². The molecule has 2 unspecified atom stereocenters. The largest absolute Gasteiger partial charge is 0.310 e. The predicted molar refractivity (Wildman–Crippen MR) is 69.5 cm³/mol. The molecule has 0 saturated heterocycles. The molecule has 2 atom stereocenters. The van der Waals surface area contributed by atoms with E-state index in [1.165, 1.54) is 25.7 Å². The van der Waals surface area contributed by atoms with Crippen molar-refractivity contribution in [1.29, 1.82) is 0 Å². The van der Waals surface area contributed by atoms with E-state index in [0.717, 1.165) is 4.47 Å². The number of hydrogen-bond donors (Lipinski definition) is 1. The summed E-state index contributed by atoms with van der Waals surface area (Å²) in [6.45, 7) is 0. The number of anilines is 1. The summed E-state index contributed by atoms with van der Waals surface area (Å²) in [6, 6.07) is 3.69. The third-order valence-electron chi connectivity index (χ3n) is 3.93. The first-order chi connectivity index (χ1) is 8.25. The Bertz CT molecular complexity index is 437. The van der Waals surface area contributed by atoms with Crippen molar-refractivity contribution in [2.45, 2.75) is 25.7 Å². The molecular formula is C13H15BrN2O. The second-order valence-electron chi connectivity index (χ2n) is 4.99. The van der Waals surface area contributed by atoms with E-state index in [1.54, 1.807) is 6.20 Å². The highest BCUT2D eigenvalue weighted by molar-refractivity contribution is 9.10. The third kappa shape index (κ3) is 2.23. The van der Waals surface area contributed by atoms with Gasteiger partial charge in [0.05, 0.1) is 0 Å². The maximum Gasteiger partial charge on any atom is 0.229 e. The fraction of sp³-hybridized carbons (Fsp3) is 0.538. The number of rotatable bonds is 2. The highest BCUT2D eigenvalue weighted by Crippen LogP contribution is 2.55. The van der Waals surface area contributed by atoms with Crippen LogP contribution in [0, 0.1) is 17.8 Å². The molecule has 3 nitrogen and oxygen atoms in total. The minimum Gasteiger partial charge on any atom is -0.310 e. The molecule has 2 fully saturated rings. The summed E-state index contributed by atoms with van der Waals surface area (Å²) in [5.41, 5.74) is 0. The number of carbonyl (C=O) groups is 1. The first-order valence-corrected chi connectivity index (χ1v) is 6.97. The van der Waals surface area contributed by atoms with Gasteiger partial charge in [-0.3, -0.25) is 4.79 Å². The van der Waals surface area contributed by atoms with E-state index < -0.39 is 0 Å². The van der Waals surface area contributed by atoms with Gasteiger partial charge in [-0.05, 0) is 36.8 Å². The van der Waals surface area contributed by atoms with Gasteiger partial charge in [-0.1, -0.05) is 28.8 Å². The lowest BCUT2D eigenvalue weighted by Gasteiger charge is -2.04. The highest BCUT2D eigenvalue weighted by atomic mass is 79.9. The van der Waals surface area contributed by atoms with E-state index in [2.05, 4.69) is 26.2 Å². The van der Waals surface area contributed by atoms with Crippen molar-refractivity contribution in [1.82, 2.24) is 4.98 Å². The molecule has 4 heteroatoms. The van der Waals surface area contributed by atoms with E-state index in [9.17, 15) is 4.79 Å². The van der Waals surface area contributed by atoms with E-state index in [-0.39, 0.29) is 11.8 Å². The van der Waals surface area contributed by atoms with Crippen molar-refractivity contribution < 1.29 is 4.79 Å². The van der Waals surface area contributed by atoms with Gasteiger partial charge in [0.15, 0.2) is 0 Å². The van der Waals surface area contributed by atoms with E-state index in [1.807, 2.05) is 12.1 Å². The Labute approximate surface area is 109 Å². The molecule has 1 aromatic rings. The molecule has 0 aromatic carbocycles. The van der Waals surface area contributed by atoms with E-state index in [0.29, 0.717) is 17.7 Å². The van der Waals surface area contributed by atoms with Crippen LogP contribution in [0.5, 0.6) is 0 Å². The third-order valence-corrected chi connectivity index (χ3v) is 4.43. The van der Waals surface area contributed by atoms with Crippen molar-refractivity contribution in [3.63, 3.8) is 0 Å². The Kier molecular flexibility index (Phi) is 2.90. The Morgan fingerprint density at radius 1 is 1.35 bits per heavy atom. The SMILES string of the molecule is O=C(Nc1cc(Br)ccn1)C1C2CCCCC21. The highest BCUT2D eigenvalue weighted by Gasteiger charge is 2.54. The van der Waals surface area contributed by atoms with Crippen molar-refractivity contribution in [2.24, 2.45) is 17.8 Å². The number of pyridine rings is 1. The van der Waals surface area contributed by atoms with Gasteiger partial charge in [0.2, 0.25) is 5.91 Å². The standard InChI is InChI=1S/C13H15BrN2O/c14-8-5-6-15-11(7-8)16-13(17)12-9-3-1-2-4-10(9)12/h5-7,9-10,12H,1-4H2,(H,15,16,17). The number of nitrogens with one attached hydrogen (secondary N) is 1. The molecule has 1 heterocycles. The minimum atomic E-state index is 0.160. The van der Waals surface area contributed by atoms with Crippen LogP contribution >= 0.6 is 15.9 Å². The second kappa shape index (κ2) is 4.41. The van der Waals surface area contributed by atoms with Crippen LogP contribution in [0.3, 0.4) is 0 Å². The summed E-state index contributed by atoms with van der Waals surface area (Å²) in [5.74, 6) is 2.35. The van der Waals surface area contributed by atoms with Crippen molar-refractivity contribution in [3.8, 4) is 0 Å². The molecule has 2 aliphatic carbocycles. The van der Waals surface area contributed by atoms with Crippen molar-refractivity contribution in [2.75, 3.05) is 5.32 Å². The predicted octanol–water partition coefficient (Wildman–Crippen LogP) is 3.22. The molecule has 1 N–H and O–H groups in total. The Hall–Kier alpha value is -0.900. The molecule has 1 aromatic heterocycles. The van der Waals surface area contributed by atoms with Crippen LogP contribution in [0.1, 0.15) is 25.7 Å². The zero-order valence-electron chi connectivity index (χ0n) is 9.53. The van der Waals surface area contributed by atoms with Gasteiger partial charge >= 0.3 is 0 Å². The number of halogens is 1. The molecule has 0 aliphatic heterocycles. The smallest absolute Gasteiger partial charge is 0.229 e. The number of fused-ring (bicyclic) bond motifs is 1. The molecule has 2 aliphatic rings. The molecule has 17 heavy (non-hydrogen) atoms. The van der Waals surface area contributed by atoms with Gasteiger partial charge in [0.25, 0.3) is 0 Å². The average Bonchev–Trinajstić information content (AvgIpc) is 3.03. The summed E-state index contributed by atoms with van der Waals surface area (Å²) in [6.07, 6.45) is 6.74. The number of aromatic nitrogens is 1. The average molecular weight is 295 g/mol. The minimum absolute atomic E-state index is 0.160.